The van der Waals surface area contributed by atoms with Crippen molar-refractivity contribution >= 4 is 33.6 Å². The molecule has 2 N–H and O–H groups in total. The Morgan fingerprint density at radius 1 is 1.18 bits per heavy atom. The lowest BCUT2D eigenvalue weighted by Crippen LogP contribution is -2.44. The summed E-state index contributed by atoms with van der Waals surface area (Å²) >= 11 is 3.26. The monoisotopic (exact) mass is 451 g/mol. The van der Waals surface area contributed by atoms with Crippen LogP contribution < -0.4 is 10.6 Å². The first-order valence-corrected chi connectivity index (χ1v) is 9.76. The van der Waals surface area contributed by atoms with Gasteiger partial charge in [-0.3, -0.25) is 4.79 Å². The fourth-order valence-corrected chi connectivity index (χ4v) is 3.59. The Morgan fingerprint density at radius 3 is 2.79 bits per heavy atom. The zero-order chi connectivity index (χ0) is 20.1. The average molecular weight is 452 g/mol. The van der Waals surface area contributed by atoms with E-state index in [-0.39, 0.29) is 17.4 Å². The highest BCUT2D eigenvalue weighted by atomic mass is 79.9. The summed E-state index contributed by atoms with van der Waals surface area (Å²) < 4.78 is 27.8. The molecule has 0 aliphatic carbocycles. The van der Waals surface area contributed by atoms with E-state index in [1.165, 1.54) is 30.3 Å². The first-order valence-electron chi connectivity index (χ1n) is 8.97. The summed E-state index contributed by atoms with van der Waals surface area (Å²) in [7, 11) is 0. The molecule has 1 atom stereocenters. The summed E-state index contributed by atoms with van der Waals surface area (Å²) in [4.78, 5) is 26.3. The quantitative estimate of drug-likeness (QED) is 0.723. The van der Waals surface area contributed by atoms with E-state index >= 15 is 0 Å². The van der Waals surface area contributed by atoms with Gasteiger partial charge in [0.2, 0.25) is 0 Å². The second-order valence-corrected chi connectivity index (χ2v) is 7.64. The number of nitrogens with one attached hydrogen (secondary N) is 2. The molecule has 3 amide bonds. The predicted octanol–water partition coefficient (Wildman–Crippen LogP) is 4.40. The molecular formula is C20H20BrF2N3O2. The Balaban J connectivity index is 1.54. The highest BCUT2D eigenvalue weighted by Crippen LogP contribution is 2.22. The number of rotatable bonds is 4. The Bertz CT molecular complexity index is 878. The molecule has 1 heterocycles. The van der Waals surface area contributed by atoms with Gasteiger partial charge in [-0.2, -0.15) is 0 Å². The van der Waals surface area contributed by atoms with Crippen LogP contribution in [-0.2, 0) is 0 Å². The number of piperidine rings is 1. The zero-order valence-electron chi connectivity index (χ0n) is 15.1. The fourth-order valence-electron chi connectivity index (χ4n) is 3.23. The van der Waals surface area contributed by atoms with Crippen molar-refractivity contribution < 1.29 is 18.4 Å². The Kier molecular flexibility index (Phi) is 6.61. The van der Waals surface area contributed by atoms with Crippen LogP contribution in [-0.4, -0.2) is 36.5 Å². The average Bonchev–Trinajstić information content (AvgIpc) is 2.68. The van der Waals surface area contributed by atoms with E-state index in [0.29, 0.717) is 29.8 Å². The standard InChI is InChI=1S/C20H20BrF2N3O2/c21-14-6-7-18(23)17(9-14)19(27)26-8-2-3-13(12-26)11-24-20(28)25-16-5-1-4-15(22)10-16/h1,4-7,9-10,13H,2-3,8,11-12H2,(H2,24,25,28). The van der Waals surface area contributed by atoms with E-state index in [1.807, 2.05) is 0 Å². The molecular weight excluding hydrogens is 432 g/mol. The van der Waals surface area contributed by atoms with Crippen LogP contribution in [0.25, 0.3) is 0 Å². The molecule has 5 nitrogen and oxygen atoms in total. The third-order valence-corrected chi connectivity index (χ3v) is 5.09. The minimum atomic E-state index is -0.553. The van der Waals surface area contributed by atoms with Gasteiger partial charge in [-0.05, 0) is 55.2 Å². The number of hydrogen-bond donors (Lipinski definition) is 2. The molecule has 1 unspecified atom stereocenters. The zero-order valence-corrected chi connectivity index (χ0v) is 16.6. The van der Waals surface area contributed by atoms with Crippen molar-refractivity contribution in [3.05, 3.63) is 64.1 Å². The van der Waals surface area contributed by atoms with Gasteiger partial charge in [0, 0.05) is 29.8 Å². The van der Waals surface area contributed by atoms with Gasteiger partial charge in [0.05, 0.1) is 5.56 Å². The molecule has 2 aromatic rings. The van der Waals surface area contributed by atoms with E-state index in [4.69, 9.17) is 0 Å². The first-order chi connectivity index (χ1) is 13.4. The topological polar surface area (TPSA) is 61.4 Å². The molecule has 3 rings (SSSR count). The van der Waals surface area contributed by atoms with Gasteiger partial charge in [-0.1, -0.05) is 22.0 Å². The summed E-state index contributed by atoms with van der Waals surface area (Å²) in [5.41, 5.74) is 0.398. The Morgan fingerprint density at radius 2 is 2.00 bits per heavy atom. The highest BCUT2D eigenvalue weighted by Gasteiger charge is 2.26. The van der Waals surface area contributed by atoms with Gasteiger partial charge in [0.15, 0.2) is 0 Å². The van der Waals surface area contributed by atoms with Crippen molar-refractivity contribution in [2.75, 3.05) is 25.0 Å². The van der Waals surface area contributed by atoms with E-state index in [1.54, 1.807) is 17.0 Å². The number of hydrogen-bond acceptors (Lipinski definition) is 2. The van der Waals surface area contributed by atoms with Crippen molar-refractivity contribution in [3.63, 3.8) is 0 Å². The highest BCUT2D eigenvalue weighted by molar-refractivity contribution is 9.10. The molecule has 0 bridgehead atoms. The van der Waals surface area contributed by atoms with Crippen molar-refractivity contribution in [1.82, 2.24) is 10.2 Å². The van der Waals surface area contributed by atoms with E-state index < -0.39 is 17.7 Å². The molecule has 0 spiro atoms. The minimum Gasteiger partial charge on any atom is -0.338 e. The molecule has 28 heavy (non-hydrogen) atoms. The summed E-state index contributed by atoms with van der Waals surface area (Å²) in [6.07, 6.45) is 1.63. The van der Waals surface area contributed by atoms with E-state index in [0.717, 1.165) is 12.8 Å². The molecule has 8 heteroatoms. The van der Waals surface area contributed by atoms with Crippen LogP contribution in [0, 0.1) is 17.6 Å². The third kappa shape index (κ3) is 5.28. The fraction of sp³-hybridized carbons (Fsp3) is 0.300. The van der Waals surface area contributed by atoms with Crippen LogP contribution in [0.2, 0.25) is 0 Å². The summed E-state index contributed by atoms with van der Waals surface area (Å²) in [6.45, 7) is 1.35. The van der Waals surface area contributed by atoms with Crippen LogP contribution in [0.3, 0.4) is 0 Å². The number of carbonyl (C=O) groups is 2. The summed E-state index contributed by atoms with van der Waals surface area (Å²) in [5.74, 6) is -1.28. The van der Waals surface area contributed by atoms with Crippen LogP contribution >= 0.6 is 15.9 Å². The Labute approximate surface area is 170 Å². The number of carbonyl (C=O) groups excluding carboxylic acids is 2. The molecule has 2 aromatic carbocycles. The summed E-state index contributed by atoms with van der Waals surface area (Å²) in [6, 6.07) is 9.48. The normalized spacial score (nSPS) is 16.5. The number of anilines is 1. The van der Waals surface area contributed by atoms with Crippen molar-refractivity contribution in [2.24, 2.45) is 5.92 Å². The van der Waals surface area contributed by atoms with E-state index in [9.17, 15) is 18.4 Å². The van der Waals surface area contributed by atoms with Crippen LogP contribution in [0.4, 0.5) is 19.3 Å². The van der Waals surface area contributed by atoms with Crippen molar-refractivity contribution in [2.45, 2.75) is 12.8 Å². The predicted molar refractivity (Wildman–Crippen MR) is 106 cm³/mol. The lowest BCUT2D eigenvalue weighted by atomic mass is 9.97. The van der Waals surface area contributed by atoms with Crippen molar-refractivity contribution in [1.29, 1.82) is 0 Å². The number of likely N-dealkylation sites (tertiary alicyclic amines) is 1. The van der Waals surface area contributed by atoms with Gasteiger partial charge in [0.25, 0.3) is 5.91 Å². The second kappa shape index (κ2) is 9.14. The molecule has 148 valence electrons. The molecule has 0 radical (unpaired) electrons. The number of amides is 3. The molecule has 1 aliphatic rings. The second-order valence-electron chi connectivity index (χ2n) is 6.73. The van der Waals surface area contributed by atoms with Gasteiger partial charge >= 0.3 is 6.03 Å². The molecule has 1 aliphatic heterocycles. The smallest absolute Gasteiger partial charge is 0.319 e. The molecule has 1 saturated heterocycles. The summed E-state index contributed by atoms with van der Waals surface area (Å²) in [5, 5.41) is 5.32. The van der Waals surface area contributed by atoms with Gasteiger partial charge < -0.3 is 15.5 Å². The molecule has 0 aromatic heterocycles. The molecule has 1 fully saturated rings. The van der Waals surface area contributed by atoms with Gasteiger partial charge in [0.1, 0.15) is 11.6 Å². The number of benzene rings is 2. The molecule has 0 saturated carbocycles. The largest absolute Gasteiger partial charge is 0.338 e. The maximum atomic E-state index is 14.0. The maximum absolute atomic E-state index is 14.0. The Hall–Kier alpha value is -2.48. The number of halogens is 3. The minimum absolute atomic E-state index is 0.0341. The lowest BCUT2D eigenvalue weighted by Gasteiger charge is -2.33. The lowest BCUT2D eigenvalue weighted by molar-refractivity contribution is 0.0670. The van der Waals surface area contributed by atoms with Gasteiger partial charge in [-0.25, -0.2) is 13.6 Å². The number of urea groups is 1. The van der Waals surface area contributed by atoms with Crippen molar-refractivity contribution in [3.8, 4) is 0 Å². The SMILES string of the molecule is O=C(NCC1CCCN(C(=O)c2cc(Br)ccc2F)C1)Nc1cccc(F)c1. The number of nitrogens with zero attached hydrogens (tertiary/aromatic N) is 1. The third-order valence-electron chi connectivity index (χ3n) is 4.60. The van der Waals surface area contributed by atoms with Crippen LogP contribution in [0.1, 0.15) is 23.2 Å². The van der Waals surface area contributed by atoms with Gasteiger partial charge in [-0.15, -0.1) is 0 Å². The maximum Gasteiger partial charge on any atom is 0.319 e. The van der Waals surface area contributed by atoms with Crippen LogP contribution in [0.15, 0.2) is 46.9 Å². The van der Waals surface area contributed by atoms with E-state index in [2.05, 4.69) is 26.6 Å². The van der Waals surface area contributed by atoms with Crippen LogP contribution in [0.5, 0.6) is 0 Å². The first kappa shape index (κ1) is 20.3.